The Kier molecular flexibility index (Phi) is 5.47. The Morgan fingerprint density at radius 3 is 2.85 bits per heavy atom. The average molecular weight is 373 g/mol. The lowest BCUT2D eigenvalue weighted by Gasteiger charge is -2.13. The fourth-order valence-corrected chi connectivity index (χ4v) is 3.03. The number of amides is 1. The second kappa shape index (κ2) is 7.96. The Hall–Kier alpha value is -2.94. The number of nitrogens with one attached hydrogen (secondary N) is 1. The summed E-state index contributed by atoms with van der Waals surface area (Å²) in [5, 5.41) is 14.3. The monoisotopic (exact) mass is 373 g/mol. The molecule has 1 unspecified atom stereocenters. The normalized spacial score (nSPS) is 11.8. The van der Waals surface area contributed by atoms with Crippen LogP contribution in [0.1, 0.15) is 6.92 Å². The molecule has 0 bridgehead atoms. The van der Waals surface area contributed by atoms with E-state index in [0.29, 0.717) is 22.3 Å². The molecule has 26 heavy (non-hydrogen) atoms. The van der Waals surface area contributed by atoms with Gasteiger partial charge in [0.25, 0.3) is 0 Å². The number of ether oxygens (including phenoxy) is 1. The molecule has 0 aliphatic rings. The van der Waals surface area contributed by atoms with Crippen LogP contribution in [-0.2, 0) is 4.79 Å². The van der Waals surface area contributed by atoms with Crippen LogP contribution in [0.15, 0.2) is 53.7 Å². The van der Waals surface area contributed by atoms with E-state index in [2.05, 4.69) is 20.8 Å². The lowest BCUT2D eigenvalue weighted by molar-refractivity contribution is -0.115. The maximum atomic E-state index is 13.2. The van der Waals surface area contributed by atoms with Gasteiger partial charge in [-0.15, -0.1) is 5.10 Å². The number of thioether (sulfide) groups is 1. The smallest absolute Gasteiger partial charge is 0.237 e. The minimum Gasteiger partial charge on any atom is -0.494 e. The molecule has 2 aromatic carbocycles. The molecule has 1 aromatic heterocycles. The number of hydrogen-bond donors (Lipinski definition) is 1. The predicted octanol–water partition coefficient (Wildman–Crippen LogP) is 2.93. The van der Waals surface area contributed by atoms with Crippen LogP contribution in [-0.4, -0.2) is 38.5 Å². The fourth-order valence-electron chi connectivity index (χ4n) is 2.23. The molecule has 0 aliphatic carbocycles. The van der Waals surface area contributed by atoms with Crippen molar-refractivity contribution in [2.45, 2.75) is 17.3 Å². The summed E-state index contributed by atoms with van der Waals surface area (Å²) in [6, 6.07) is 13.0. The van der Waals surface area contributed by atoms with Crippen LogP contribution >= 0.6 is 11.8 Å². The minimum atomic E-state index is -0.502. The molecule has 1 heterocycles. The van der Waals surface area contributed by atoms with Crippen LogP contribution < -0.4 is 10.1 Å². The van der Waals surface area contributed by atoms with E-state index in [1.54, 1.807) is 26.2 Å². The lowest BCUT2D eigenvalue weighted by Crippen LogP contribution is -2.23. The number of hydrogen-bond acceptors (Lipinski definition) is 6. The van der Waals surface area contributed by atoms with E-state index in [9.17, 15) is 9.18 Å². The standard InChI is InChI=1S/C17H16FN5O2S/c1-11(16(24)19-13-7-5-6-12(18)10-13)26-17-20-21-22-23(17)14-8-3-4-9-15(14)25-2/h3-11H,1-2H3,(H,19,24). The highest BCUT2D eigenvalue weighted by Crippen LogP contribution is 2.28. The van der Waals surface area contributed by atoms with Crippen LogP contribution in [0.3, 0.4) is 0 Å². The van der Waals surface area contributed by atoms with Crippen LogP contribution in [0, 0.1) is 5.82 Å². The Morgan fingerprint density at radius 1 is 1.27 bits per heavy atom. The third-order valence-electron chi connectivity index (χ3n) is 3.50. The summed E-state index contributed by atoms with van der Waals surface area (Å²) in [5.74, 6) is -0.0862. The predicted molar refractivity (Wildman–Crippen MR) is 96.1 cm³/mol. The van der Waals surface area contributed by atoms with Gasteiger partial charge in [-0.1, -0.05) is 30.0 Å². The Labute approximate surface area is 153 Å². The van der Waals surface area contributed by atoms with Gasteiger partial charge < -0.3 is 10.1 Å². The van der Waals surface area contributed by atoms with Crippen LogP contribution in [0.4, 0.5) is 10.1 Å². The summed E-state index contributed by atoms with van der Waals surface area (Å²) in [6.45, 7) is 1.72. The number of anilines is 1. The Balaban J connectivity index is 1.75. The first-order valence-electron chi connectivity index (χ1n) is 7.73. The number of carbonyl (C=O) groups excluding carboxylic acids is 1. The zero-order valence-electron chi connectivity index (χ0n) is 14.1. The third kappa shape index (κ3) is 3.99. The van der Waals surface area contributed by atoms with Gasteiger partial charge in [0.15, 0.2) is 0 Å². The molecular weight excluding hydrogens is 357 g/mol. The van der Waals surface area contributed by atoms with E-state index in [1.807, 2.05) is 18.2 Å². The van der Waals surface area contributed by atoms with Crippen LogP contribution in [0.2, 0.25) is 0 Å². The molecule has 1 amide bonds. The van der Waals surface area contributed by atoms with E-state index in [-0.39, 0.29) is 5.91 Å². The van der Waals surface area contributed by atoms with Crippen molar-refractivity contribution < 1.29 is 13.9 Å². The topological polar surface area (TPSA) is 81.9 Å². The Bertz CT molecular complexity index is 917. The first kappa shape index (κ1) is 17.9. The summed E-state index contributed by atoms with van der Waals surface area (Å²) in [6.07, 6.45) is 0. The first-order valence-corrected chi connectivity index (χ1v) is 8.61. The molecule has 7 nitrogen and oxygen atoms in total. The molecule has 0 spiro atoms. The van der Waals surface area contributed by atoms with Gasteiger partial charge in [-0.25, -0.2) is 4.39 Å². The summed E-state index contributed by atoms with van der Waals surface area (Å²) in [7, 11) is 1.56. The van der Waals surface area contributed by atoms with Gasteiger partial charge in [0.1, 0.15) is 17.3 Å². The number of aromatic nitrogens is 4. The van der Waals surface area contributed by atoms with Gasteiger partial charge in [0.2, 0.25) is 11.1 Å². The Morgan fingerprint density at radius 2 is 2.08 bits per heavy atom. The van der Waals surface area contributed by atoms with Crippen molar-refractivity contribution in [3.05, 3.63) is 54.3 Å². The van der Waals surface area contributed by atoms with E-state index in [1.165, 1.54) is 34.6 Å². The van der Waals surface area contributed by atoms with Crippen molar-refractivity contribution in [3.63, 3.8) is 0 Å². The highest BCUT2D eigenvalue weighted by atomic mass is 32.2. The molecule has 3 aromatic rings. The van der Waals surface area contributed by atoms with Crippen molar-refractivity contribution in [2.75, 3.05) is 12.4 Å². The number of halogens is 1. The summed E-state index contributed by atoms with van der Waals surface area (Å²) in [4.78, 5) is 12.4. The van der Waals surface area contributed by atoms with Crippen molar-refractivity contribution in [3.8, 4) is 11.4 Å². The number of para-hydroxylation sites is 2. The van der Waals surface area contributed by atoms with Crippen molar-refractivity contribution in [2.24, 2.45) is 0 Å². The molecule has 134 valence electrons. The third-order valence-corrected chi connectivity index (χ3v) is 4.53. The molecule has 0 saturated carbocycles. The number of methoxy groups -OCH3 is 1. The maximum absolute atomic E-state index is 13.2. The molecular formula is C17H16FN5O2S. The van der Waals surface area contributed by atoms with Gasteiger partial charge in [-0.3, -0.25) is 4.79 Å². The minimum absolute atomic E-state index is 0.282. The second-order valence-corrected chi connectivity index (χ2v) is 6.61. The largest absolute Gasteiger partial charge is 0.494 e. The highest BCUT2D eigenvalue weighted by molar-refractivity contribution is 8.00. The van der Waals surface area contributed by atoms with Gasteiger partial charge in [0.05, 0.1) is 12.4 Å². The summed E-state index contributed by atoms with van der Waals surface area (Å²) in [5.41, 5.74) is 1.06. The zero-order chi connectivity index (χ0) is 18.5. The number of carbonyl (C=O) groups is 1. The first-order chi connectivity index (χ1) is 12.6. The molecule has 9 heteroatoms. The molecule has 0 fully saturated rings. The highest BCUT2D eigenvalue weighted by Gasteiger charge is 2.20. The van der Waals surface area contributed by atoms with Crippen molar-refractivity contribution >= 4 is 23.4 Å². The van der Waals surface area contributed by atoms with Gasteiger partial charge >= 0.3 is 0 Å². The van der Waals surface area contributed by atoms with Crippen LogP contribution in [0.5, 0.6) is 5.75 Å². The number of nitrogens with zero attached hydrogens (tertiary/aromatic N) is 4. The van der Waals surface area contributed by atoms with E-state index >= 15 is 0 Å². The molecule has 0 aliphatic heterocycles. The molecule has 1 atom stereocenters. The number of benzene rings is 2. The SMILES string of the molecule is COc1ccccc1-n1nnnc1SC(C)C(=O)Nc1cccc(F)c1. The summed E-state index contributed by atoms with van der Waals surface area (Å²) < 4.78 is 20.1. The van der Waals surface area contributed by atoms with Crippen molar-refractivity contribution in [1.82, 2.24) is 20.2 Å². The fraction of sp³-hybridized carbons (Fsp3) is 0.176. The van der Waals surface area contributed by atoms with Gasteiger partial charge in [-0.05, 0) is 47.7 Å². The molecule has 0 radical (unpaired) electrons. The molecule has 0 saturated heterocycles. The average Bonchev–Trinajstić information content (AvgIpc) is 3.09. The zero-order valence-corrected chi connectivity index (χ0v) is 14.9. The summed E-state index contributed by atoms with van der Waals surface area (Å²) >= 11 is 1.19. The quantitative estimate of drug-likeness (QED) is 0.669. The number of tetrazole rings is 1. The van der Waals surface area contributed by atoms with E-state index in [4.69, 9.17) is 4.74 Å². The molecule has 3 rings (SSSR count). The second-order valence-electron chi connectivity index (χ2n) is 5.30. The maximum Gasteiger partial charge on any atom is 0.237 e. The van der Waals surface area contributed by atoms with Gasteiger partial charge in [-0.2, -0.15) is 4.68 Å². The van der Waals surface area contributed by atoms with Crippen LogP contribution in [0.25, 0.3) is 5.69 Å². The van der Waals surface area contributed by atoms with Gasteiger partial charge in [0, 0.05) is 5.69 Å². The number of rotatable bonds is 6. The molecule has 1 N–H and O–H groups in total. The van der Waals surface area contributed by atoms with E-state index in [0.717, 1.165) is 0 Å². The lowest BCUT2D eigenvalue weighted by atomic mass is 10.3. The van der Waals surface area contributed by atoms with E-state index < -0.39 is 11.1 Å². The van der Waals surface area contributed by atoms with Crippen molar-refractivity contribution in [1.29, 1.82) is 0 Å².